The lowest BCUT2D eigenvalue weighted by molar-refractivity contribution is 0.0852. The molecule has 0 bridgehead atoms. The van der Waals surface area contributed by atoms with E-state index in [1.165, 1.54) is 0 Å². The van der Waals surface area contributed by atoms with Crippen LogP contribution in [0.15, 0.2) is 24.3 Å². The van der Waals surface area contributed by atoms with Crippen LogP contribution in [0.4, 0.5) is 0 Å². The summed E-state index contributed by atoms with van der Waals surface area (Å²) < 4.78 is 1.10. The van der Waals surface area contributed by atoms with E-state index in [1.54, 1.807) is 11.3 Å². The Bertz CT molecular complexity index is 488. The molecule has 0 fully saturated rings. The molecule has 0 saturated carbocycles. The van der Waals surface area contributed by atoms with Crippen LogP contribution in [0.2, 0.25) is 0 Å². The summed E-state index contributed by atoms with van der Waals surface area (Å²) in [5.74, 6) is 0.101. The molecule has 2 atom stereocenters. The molecule has 0 radical (unpaired) electrons. The maximum Gasteiger partial charge on any atom is 0.119 e. The van der Waals surface area contributed by atoms with Crippen molar-refractivity contribution in [3.05, 3.63) is 29.3 Å². The van der Waals surface area contributed by atoms with Crippen LogP contribution in [-0.4, -0.2) is 16.2 Å². The van der Waals surface area contributed by atoms with Gasteiger partial charge in [0.15, 0.2) is 0 Å². The molecule has 0 saturated heterocycles. The zero-order valence-electron chi connectivity index (χ0n) is 10.1. The molecule has 1 aromatic carbocycles. The predicted molar refractivity (Wildman–Crippen MR) is 73.7 cm³/mol. The van der Waals surface area contributed by atoms with Crippen LogP contribution in [0.25, 0.3) is 10.2 Å². The van der Waals surface area contributed by atoms with Gasteiger partial charge in [0.2, 0.25) is 0 Å². The summed E-state index contributed by atoms with van der Waals surface area (Å²) in [6, 6.07) is 7.92. The smallest absolute Gasteiger partial charge is 0.119 e. The number of rotatable bonds is 3. The number of aliphatic hydroxyl groups is 1. The van der Waals surface area contributed by atoms with E-state index in [1.807, 2.05) is 45.0 Å². The molecule has 17 heavy (non-hydrogen) atoms. The second-order valence-corrected chi connectivity index (χ2v) is 6.57. The number of halogens is 1. The molecule has 0 aliphatic carbocycles. The highest BCUT2D eigenvalue weighted by Crippen LogP contribution is 2.39. The van der Waals surface area contributed by atoms with Crippen LogP contribution in [0.5, 0.6) is 0 Å². The van der Waals surface area contributed by atoms with Crippen LogP contribution in [-0.2, 0) is 4.87 Å². The number of hydrogen-bond acceptors (Lipinski definition) is 3. The Hall–Kier alpha value is -0.640. The Labute approximate surface area is 110 Å². The summed E-state index contributed by atoms with van der Waals surface area (Å²) in [7, 11) is 0. The predicted octanol–water partition coefficient (Wildman–Crippen LogP) is 3.77. The van der Waals surface area contributed by atoms with Crippen molar-refractivity contribution >= 4 is 33.2 Å². The Kier molecular flexibility index (Phi) is 3.43. The third kappa shape index (κ3) is 2.32. The average molecular weight is 270 g/mol. The van der Waals surface area contributed by atoms with Gasteiger partial charge in [-0.2, -0.15) is 0 Å². The number of fused-ring (bicyclic) bond motifs is 1. The topological polar surface area (TPSA) is 33.1 Å². The fourth-order valence-electron chi connectivity index (χ4n) is 1.83. The van der Waals surface area contributed by atoms with Gasteiger partial charge < -0.3 is 5.11 Å². The number of alkyl halides is 1. The highest BCUT2D eigenvalue weighted by molar-refractivity contribution is 7.18. The third-order valence-corrected chi connectivity index (χ3v) is 4.69. The van der Waals surface area contributed by atoms with Crippen LogP contribution >= 0.6 is 22.9 Å². The summed E-state index contributed by atoms with van der Waals surface area (Å²) >= 11 is 8.02. The molecule has 1 N–H and O–H groups in total. The number of para-hydroxylation sites is 1. The molecule has 2 aromatic rings. The van der Waals surface area contributed by atoms with E-state index < -0.39 is 11.0 Å². The zero-order valence-corrected chi connectivity index (χ0v) is 11.7. The van der Waals surface area contributed by atoms with Gasteiger partial charge in [-0.1, -0.05) is 26.0 Å². The van der Waals surface area contributed by atoms with Crippen molar-refractivity contribution in [2.24, 2.45) is 5.92 Å². The molecular weight excluding hydrogens is 254 g/mol. The second kappa shape index (κ2) is 4.56. The van der Waals surface area contributed by atoms with E-state index >= 15 is 0 Å². The fourth-order valence-corrected chi connectivity index (χ4v) is 3.28. The maximum absolute atomic E-state index is 10.2. The van der Waals surface area contributed by atoms with Crippen LogP contribution in [0.3, 0.4) is 0 Å². The van der Waals surface area contributed by atoms with Gasteiger partial charge in [0.1, 0.15) is 9.88 Å². The van der Waals surface area contributed by atoms with Crippen molar-refractivity contribution in [1.29, 1.82) is 0 Å². The minimum absolute atomic E-state index is 0.101. The Morgan fingerprint density at radius 2 is 2.00 bits per heavy atom. The highest BCUT2D eigenvalue weighted by atomic mass is 35.5. The Morgan fingerprint density at radius 3 is 2.59 bits per heavy atom. The molecule has 0 aliphatic heterocycles. The second-order valence-electron chi connectivity index (χ2n) is 4.75. The molecule has 1 heterocycles. The van der Waals surface area contributed by atoms with Crippen molar-refractivity contribution in [2.45, 2.75) is 31.7 Å². The van der Waals surface area contributed by atoms with Crippen molar-refractivity contribution in [2.75, 3.05) is 0 Å². The fraction of sp³-hybridized carbons (Fsp3) is 0.462. The van der Waals surface area contributed by atoms with Gasteiger partial charge in [-0.15, -0.1) is 22.9 Å². The molecule has 0 spiro atoms. The number of hydrogen-bond donors (Lipinski definition) is 1. The number of nitrogens with zero attached hydrogens (tertiary/aromatic N) is 1. The van der Waals surface area contributed by atoms with E-state index in [0.717, 1.165) is 15.2 Å². The minimum atomic E-state index is -0.822. The summed E-state index contributed by atoms with van der Waals surface area (Å²) in [6.07, 6.45) is -0.607. The monoisotopic (exact) mass is 269 g/mol. The molecule has 2 nitrogen and oxygen atoms in total. The van der Waals surface area contributed by atoms with E-state index in [4.69, 9.17) is 11.6 Å². The summed E-state index contributed by atoms with van der Waals surface area (Å²) in [4.78, 5) is 3.69. The molecule has 0 unspecified atom stereocenters. The van der Waals surface area contributed by atoms with Gasteiger partial charge in [-0.05, 0) is 25.0 Å². The molecule has 2 rings (SSSR count). The maximum atomic E-state index is 10.2. The van der Waals surface area contributed by atoms with Crippen molar-refractivity contribution in [1.82, 2.24) is 4.98 Å². The van der Waals surface area contributed by atoms with Gasteiger partial charge in [-0.3, -0.25) is 0 Å². The largest absolute Gasteiger partial charge is 0.391 e. The van der Waals surface area contributed by atoms with E-state index in [2.05, 4.69) is 4.98 Å². The van der Waals surface area contributed by atoms with Crippen molar-refractivity contribution in [3.63, 3.8) is 0 Å². The summed E-state index contributed by atoms with van der Waals surface area (Å²) in [5, 5.41) is 10.9. The van der Waals surface area contributed by atoms with Crippen molar-refractivity contribution in [3.8, 4) is 0 Å². The Morgan fingerprint density at radius 1 is 1.35 bits per heavy atom. The molecule has 92 valence electrons. The minimum Gasteiger partial charge on any atom is -0.391 e. The van der Waals surface area contributed by atoms with Crippen LogP contribution in [0.1, 0.15) is 25.8 Å². The molecule has 4 heteroatoms. The van der Waals surface area contributed by atoms with Gasteiger partial charge >= 0.3 is 0 Å². The number of thiazole rings is 1. The van der Waals surface area contributed by atoms with Crippen LogP contribution < -0.4 is 0 Å². The first-order valence-corrected chi connectivity index (χ1v) is 6.85. The van der Waals surface area contributed by atoms with E-state index in [9.17, 15) is 5.11 Å². The van der Waals surface area contributed by atoms with Gasteiger partial charge in [0.25, 0.3) is 0 Å². The third-order valence-electron chi connectivity index (χ3n) is 2.90. The molecule has 1 aromatic heterocycles. The lowest BCUT2D eigenvalue weighted by Crippen LogP contribution is -2.35. The molecular formula is C13H16ClNOS. The Balaban J connectivity index is 2.45. The van der Waals surface area contributed by atoms with Gasteiger partial charge in [-0.25, -0.2) is 4.98 Å². The lowest BCUT2D eigenvalue weighted by atomic mass is 9.94. The van der Waals surface area contributed by atoms with Gasteiger partial charge in [0, 0.05) is 0 Å². The molecule has 0 amide bonds. The average Bonchev–Trinajstić information content (AvgIpc) is 2.71. The highest BCUT2D eigenvalue weighted by Gasteiger charge is 2.37. The van der Waals surface area contributed by atoms with Crippen molar-refractivity contribution < 1.29 is 5.11 Å². The normalized spacial score (nSPS) is 17.3. The first kappa shape index (κ1) is 12.8. The molecule has 0 aliphatic rings. The summed E-state index contributed by atoms with van der Waals surface area (Å²) in [5.41, 5.74) is 0.940. The number of benzene rings is 1. The van der Waals surface area contributed by atoms with E-state index in [0.29, 0.717) is 0 Å². The standard InChI is InChI=1S/C13H16ClNOS/c1-8(2)11(16)13(3,14)12-15-9-6-4-5-7-10(9)17-12/h4-8,11,16H,1-3H3/t11-,13+/m1/s1. The summed E-state index contributed by atoms with van der Waals surface area (Å²) in [6.45, 7) is 5.74. The zero-order chi connectivity index (χ0) is 12.6. The number of aliphatic hydroxyl groups excluding tert-OH is 1. The quantitative estimate of drug-likeness (QED) is 0.861. The SMILES string of the molecule is CC(C)[C@@H](O)[C@](C)(Cl)c1nc2ccccc2s1. The van der Waals surface area contributed by atoms with Gasteiger partial charge in [0.05, 0.1) is 16.3 Å². The van der Waals surface area contributed by atoms with Crippen LogP contribution in [0, 0.1) is 5.92 Å². The number of aromatic nitrogens is 1. The van der Waals surface area contributed by atoms with E-state index in [-0.39, 0.29) is 5.92 Å². The first-order valence-electron chi connectivity index (χ1n) is 5.66. The lowest BCUT2D eigenvalue weighted by Gasteiger charge is -2.28. The first-order chi connectivity index (χ1) is 7.93.